The average molecular weight is 234 g/mol. The Bertz CT molecular complexity index is 522. The van der Waals surface area contributed by atoms with Crippen LogP contribution in [0.2, 0.25) is 0 Å². The zero-order valence-electron chi connectivity index (χ0n) is 9.18. The maximum atomic E-state index is 5.94. The van der Waals surface area contributed by atoms with Crippen LogP contribution < -0.4 is 10.6 Å². The van der Waals surface area contributed by atoms with Crippen molar-refractivity contribution in [1.82, 2.24) is 9.97 Å². The van der Waals surface area contributed by atoms with Crippen LogP contribution in [-0.2, 0) is 0 Å². The van der Waals surface area contributed by atoms with Crippen molar-refractivity contribution in [2.24, 2.45) is 5.73 Å². The first-order valence-electron chi connectivity index (χ1n) is 5.46. The molecule has 4 nitrogen and oxygen atoms in total. The number of hydrogen-bond acceptors (Lipinski definition) is 5. The molecule has 0 aliphatic carbocycles. The fourth-order valence-corrected chi connectivity index (χ4v) is 2.97. The molecule has 0 saturated carbocycles. The van der Waals surface area contributed by atoms with Crippen LogP contribution in [0.3, 0.4) is 0 Å². The van der Waals surface area contributed by atoms with Gasteiger partial charge in [0.15, 0.2) is 0 Å². The Balaban J connectivity index is 2.11. The lowest BCUT2D eigenvalue weighted by molar-refractivity contribution is 0.751. The Labute approximate surface area is 98.1 Å². The minimum absolute atomic E-state index is 0.281. The van der Waals surface area contributed by atoms with Crippen LogP contribution in [0, 0.1) is 6.92 Å². The molecule has 0 bridgehead atoms. The van der Waals surface area contributed by atoms with Gasteiger partial charge in [-0.05, 0) is 24.8 Å². The SMILES string of the molecule is Cc1nc(N2CC[C@@H](N)C2)c2ccsc2n1. The van der Waals surface area contributed by atoms with Crippen molar-refractivity contribution in [2.75, 3.05) is 18.0 Å². The summed E-state index contributed by atoms with van der Waals surface area (Å²) in [5.74, 6) is 1.89. The fourth-order valence-electron chi connectivity index (χ4n) is 2.16. The summed E-state index contributed by atoms with van der Waals surface area (Å²) in [4.78, 5) is 12.3. The Kier molecular flexibility index (Phi) is 2.29. The van der Waals surface area contributed by atoms with Gasteiger partial charge in [0, 0.05) is 19.1 Å². The van der Waals surface area contributed by atoms with Gasteiger partial charge in [-0.3, -0.25) is 0 Å². The highest BCUT2D eigenvalue weighted by Gasteiger charge is 2.22. The van der Waals surface area contributed by atoms with E-state index in [1.54, 1.807) is 11.3 Å². The van der Waals surface area contributed by atoms with Gasteiger partial charge in [-0.25, -0.2) is 9.97 Å². The summed E-state index contributed by atoms with van der Waals surface area (Å²) in [6.45, 7) is 3.85. The van der Waals surface area contributed by atoms with Gasteiger partial charge >= 0.3 is 0 Å². The van der Waals surface area contributed by atoms with Crippen molar-refractivity contribution in [3.63, 3.8) is 0 Å². The molecule has 16 heavy (non-hydrogen) atoms. The van der Waals surface area contributed by atoms with Gasteiger partial charge in [-0.15, -0.1) is 11.3 Å². The first kappa shape index (κ1) is 9.99. The van der Waals surface area contributed by atoms with E-state index < -0.39 is 0 Å². The van der Waals surface area contributed by atoms with Crippen molar-refractivity contribution in [2.45, 2.75) is 19.4 Å². The van der Waals surface area contributed by atoms with E-state index in [1.165, 1.54) is 0 Å². The van der Waals surface area contributed by atoms with Gasteiger partial charge in [0.1, 0.15) is 16.5 Å². The van der Waals surface area contributed by atoms with Gasteiger partial charge in [0.2, 0.25) is 0 Å². The van der Waals surface area contributed by atoms with E-state index in [1.807, 2.05) is 6.92 Å². The molecule has 0 radical (unpaired) electrons. The van der Waals surface area contributed by atoms with E-state index in [4.69, 9.17) is 5.73 Å². The number of nitrogens with two attached hydrogens (primary N) is 1. The molecule has 1 aliphatic heterocycles. The van der Waals surface area contributed by atoms with Gasteiger partial charge in [0.25, 0.3) is 0 Å². The zero-order chi connectivity index (χ0) is 11.1. The van der Waals surface area contributed by atoms with Crippen LogP contribution in [0.15, 0.2) is 11.4 Å². The number of aromatic nitrogens is 2. The minimum Gasteiger partial charge on any atom is -0.354 e. The molecule has 0 unspecified atom stereocenters. The molecule has 2 aromatic rings. The van der Waals surface area contributed by atoms with Crippen LogP contribution in [0.4, 0.5) is 5.82 Å². The average Bonchev–Trinajstić information content (AvgIpc) is 2.84. The Morgan fingerprint density at radius 3 is 3.12 bits per heavy atom. The summed E-state index contributed by atoms with van der Waals surface area (Å²) in [7, 11) is 0. The number of nitrogens with zero attached hydrogens (tertiary/aromatic N) is 3. The lowest BCUT2D eigenvalue weighted by Gasteiger charge is -2.17. The third kappa shape index (κ3) is 1.56. The molecule has 5 heteroatoms. The molecule has 2 N–H and O–H groups in total. The van der Waals surface area contributed by atoms with Crippen LogP contribution in [-0.4, -0.2) is 29.1 Å². The number of anilines is 1. The highest BCUT2D eigenvalue weighted by atomic mass is 32.1. The number of aryl methyl sites for hydroxylation is 1. The highest BCUT2D eigenvalue weighted by molar-refractivity contribution is 7.16. The molecular weight excluding hydrogens is 220 g/mol. The summed E-state index contributed by atoms with van der Waals surface area (Å²) >= 11 is 1.67. The van der Waals surface area contributed by atoms with Crippen LogP contribution in [0.25, 0.3) is 10.2 Å². The first-order chi connectivity index (χ1) is 7.74. The number of hydrogen-bond donors (Lipinski definition) is 1. The first-order valence-corrected chi connectivity index (χ1v) is 6.34. The smallest absolute Gasteiger partial charge is 0.141 e. The molecule has 1 aliphatic rings. The van der Waals surface area contributed by atoms with Crippen LogP contribution in [0.5, 0.6) is 0 Å². The Hall–Kier alpha value is -1.20. The van der Waals surface area contributed by atoms with Crippen molar-refractivity contribution < 1.29 is 0 Å². The second kappa shape index (κ2) is 3.68. The fraction of sp³-hybridized carbons (Fsp3) is 0.455. The number of rotatable bonds is 1. The standard InChI is InChI=1S/C11H14N4S/c1-7-13-10(15-4-2-8(12)6-15)9-3-5-16-11(9)14-7/h3,5,8H,2,4,6,12H2,1H3/t8-/m1/s1. The maximum Gasteiger partial charge on any atom is 0.141 e. The monoisotopic (exact) mass is 234 g/mol. The third-order valence-corrected chi connectivity index (χ3v) is 3.75. The molecule has 84 valence electrons. The van der Waals surface area contributed by atoms with E-state index in [9.17, 15) is 0 Å². The summed E-state index contributed by atoms with van der Waals surface area (Å²) in [5, 5.41) is 3.22. The van der Waals surface area contributed by atoms with E-state index in [0.29, 0.717) is 0 Å². The molecule has 0 aromatic carbocycles. The second-order valence-electron chi connectivity index (χ2n) is 4.23. The highest BCUT2D eigenvalue weighted by Crippen LogP contribution is 2.29. The summed E-state index contributed by atoms with van der Waals surface area (Å²) in [6, 6.07) is 2.38. The Morgan fingerprint density at radius 2 is 2.38 bits per heavy atom. The molecule has 3 heterocycles. The third-order valence-electron chi connectivity index (χ3n) is 2.94. The quantitative estimate of drug-likeness (QED) is 0.813. The van der Waals surface area contributed by atoms with Crippen molar-refractivity contribution in [3.05, 3.63) is 17.3 Å². The largest absolute Gasteiger partial charge is 0.354 e. The summed E-state index contributed by atoms with van der Waals surface area (Å²) in [5.41, 5.74) is 5.94. The second-order valence-corrected chi connectivity index (χ2v) is 5.12. The van der Waals surface area contributed by atoms with Crippen molar-refractivity contribution >= 4 is 27.4 Å². The molecular formula is C11H14N4S. The normalized spacial score (nSPS) is 20.9. The maximum absolute atomic E-state index is 5.94. The topological polar surface area (TPSA) is 55.0 Å². The Morgan fingerprint density at radius 1 is 1.50 bits per heavy atom. The van der Waals surface area contributed by atoms with Crippen LogP contribution in [0.1, 0.15) is 12.2 Å². The predicted molar refractivity (Wildman–Crippen MR) is 67.0 cm³/mol. The van der Waals surface area contributed by atoms with Crippen molar-refractivity contribution in [3.8, 4) is 0 Å². The molecule has 0 amide bonds. The van der Waals surface area contributed by atoms with E-state index >= 15 is 0 Å². The lowest BCUT2D eigenvalue weighted by Crippen LogP contribution is -2.27. The molecule has 2 aromatic heterocycles. The van der Waals surface area contributed by atoms with E-state index in [-0.39, 0.29) is 6.04 Å². The molecule has 1 atom stereocenters. The minimum atomic E-state index is 0.281. The van der Waals surface area contributed by atoms with Gasteiger partial charge in [0.05, 0.1) is 5.39 Å². The van der Waals surface area contributed by atoms with E-state index in [0.717, 1.165) is 41.4 Å². The lowest BCUT2D eigenvalue weighted by atomic mass is 10.3. The molecule has 1 saturated heterocycles. The van der Waals surface area contributed by atoms with Gasteiger partial charge in [-0.2, -0.15) is 0 Å². The molecule has 1 fully saturated rings. The molecule has 3 rings (SSSR count). The van der Waals surface area contributed by atoms with Crippen molar-refractivity contribution in [1.29, 1.82) is 0 Å². The van der Waals surface area contributed by atoms with Gasteiger partial charge < -0.3 is 10.6 Å². The summed E-state index contributed by atoms with van der Waals surface area (Å²) in [6.07, 6.45) is 1.05. The predicted octanol–water partition coefficient (Wildman–Crippen LogP) is 1.54. The zero-order valence-corrected chi connectivity index (χ0v) is 10.00. The number of thiophene rings is 1. The van der Waals surface area contributed by atoms with E-state index in [2.05, 4.69) is 26.3 Å². The van der Waals surface area contributed by atoms with Crippen LogP contribution >= 0.6 is 11.3 Å². The molecule has 0 spiro atoms. The number of fused-ring (bicyclic) bond motifs is 1. The van der Waals surface area contributed by atoms with Gasteiger partial charge in [-0.1, -0.05) is 0 Å². The summed E-state index contributed by atoms with van der Waals surface area (Å²) < 4.78 is 0.